The van der Waals surface area contributed by atoms with Gasteiger partial charge < -0.3 is 4.90 Å². The molecule has 3 unspecified atom stereocenters. The van der Waals surface area contributed by atoms with E-state index >= 15 is 0 Å². The Morgan fingerprint density at radius 1 is 1.12 bits per heavy atom. The van der Waals surface area contributed by atoms with Gasteiger partial charge >= 0.3 is 0 Å². The average molecular weight is 229 g/mol. The quantitative estimate of drug-likeness (QED) is 0.704. The molecule has 0 N–H and O–H groups in total. The van der Waals surface area contributed by atoms with E-state index in [1.165, 1.54) is 41.6 Å². The number of rotatable bonds is 1. The molecule has 0 amide bonds. The number of anilines is 1. The molecular formula is C16H23N. The molecule has 17 heavy (non-hydrogen) atoms. The van der Waals surface area contributed by atoms with Crippen LogP contribution in [0.2, 0.25) is 0 Å². The molecule has 1 aliphatic heterocycles. The van der Waals surface area contributed by atoms with Gasteiger partial charge in [0.25, 0.3) is 0 Å². The molecule has 0 spiro atoms. The molecule has 3 rings (SSSR count). The monoisotopic (exact) mass is 229 g/mol. The highest BCUT2D eigenvalue weighted by Crippen LogP contribution is 2.45. The Kier molecular flexibility index (Phi) is 2.46. The van der Waals surface area contributed by atoms with Gasteiger partial charge in [0.05, 0.1) is 0 Å². The van der Waals surface area contributed by atoms with Crippen molar-refractivity contribution in [3.05, 3.63) is 28.8 Å². The maximum absolute atomic E-state index is 2.71. The Bertz CT molecular complexity index is 447. The van der Waals surface area contributed by atoms with Crippen LogP contribution in [0.1, 0.15) is 42.9 Å². The third kappa shape index (κ3) is 1.59. The third-order valence-corrected chi connectivity index (χ3v) is 5.02. The minimum atomic E-state index is 0.744. The van der Waals surface area contributed by atoms with Gasteiger partial charge in [0.2, 0.25) is 0 Å². The molecule has 0 radical (unpaired) electrons. The second kappa shape index (κ2) is 3.76. The minimum absolute atomic E-state index is 0.744. The largest absolute Gasteiger partial charge is 0.365 e. The Morgan fingerprint density at radius 2 is 1.88 bits per heavy atom. The lowest BCUT2D eigenvalue weighted by Crippen LogP contribution is -2.39. The molecule has 0 aromatic heterocycles. The van der Waals surface area contributed by atoms with E-state index < -0.39 is 0 Å². The van der Waals surface area contributed by atoms with E-state index in [9.17, 15) is 0 Å². The molecule has 1 heterocycles. The van der Waals surface area contributed by atoms with Gasteiger partial charge in [-0.1, -0.05) is 6.07 Å². The van der Waals surface area contributed by atoms with Crippen molar-refractivity contribution in [3.8, 4) is 0 Å². The van der Waals surface area contributed by atoms with Crippen LogP contribution in [0, 0.1) is 26.7 Å². The van der Waals surface area contributed by atoms with Crippen LogP contribution in [-0.2, 0) is 0 Å². The highest BCUT2D eigenvalue weighted by Gasteiger charge is 2.43. The van der Waals surface area contributed by atoms with Gasteiger partial charge in [-0.05, 0) is 75.6 Å². The van der Waals surface area contributed by atoms with Crippen LogP contribution < -0.4 is 4.90 Å². The van der Waals surface area contributed by atoms with E-state index in [4.69, 9.17) is 0 Å². The number of piperidine rings is 1. The van der Waals surface area contributed by atoms with E-state index in [1.54, 1.807) is 0 Å². The maximum atomic E-state index is 2.71. The van der Waals surface area contributed by atoms with Crippen LogP contribution in [0.15, 0.2) is 12.1 Å². The Balaban J connectivity index is 2.05. The standard InChI is InChI=1S/C16H23N/c1-10-7-11(2)12(3)16(8-10)17-13(4)14-5-6-15(17)9-14/h7-8,13-15H,5-6,9H2,1-4H3. The van der Waals surface area contributed by atoms with Gasteiger partial charge in [0.15, 0.2) is 0 Å². The molecule has 1 heteroatoms. The number of hydrogen-bond acceptors (Lipinski definition) is 1. The first-order valence-corrected chi connectivity index (χ1v) is 6.94. The van der Waals surface area contributed by atoms with Gasteiger partial charge in [-0.2, -0.15) is 0 Å². The zero-order valence-corrected chi connectivity index (χ0v) is 11.5. The summed E-state index contributed by atoms with van der Waals surface area (Å²) in [5.41, 5.74) is 5.82. The van der Waals surface area contributed by atoms with Crippen molar-refractivity contribution < 1.29 is 0 Å². The smallest absolute Gasteiger partial charge is 0.0406 e. The molecule has 2 bridgehead atoms. The fourth-order valence-electron chi connectivity index (χ4n) is 3.94. The molecule has 1 saturated carbocycles. The van der Waals surface area contributed by atoms with Gasteiger partial charge in [0.1, 0.15) is 0 Å². The van der Waals surface area contributed by atoms with Gasteiger partial charge in [-0.15, -0.1) is 0 Å². The molecule has 1 aliphatic carbocycles. The Morgan fingerprint density at radius 3 is 2.53 bits per heavy atom. The van der Waals surface area contributed by atoms with Crippen molar-refractivity contribution in [2.24, 2.45) is 5.92 Å². The first-order valence-electron chi connectivity index (χ1n) is 6.94. The second-order valence-corrected chi connectivity index (χ2v) is 6.10. The zero-order chi connectivity index (χ0) is 12.2. The number of fused-ring (bicyclic) bond motifs is 2. The molecule has 1 aromatic rings. The van der Waals surface area contributed by atoms with Crippen LogP contribution in [0.3, 0.4) is 0 Å². The van der Waals surface area contributed by atoms with E-state index in [0.717, 1.165) is 18.0 Å². The molecule has 1 saturated heterocycles. The summed E-state index contributed by atoms with van der Waals surface area (Å²) < 4.78 is 0. The van der Waals surface area contributed by atoms with Crippen LogP contribution in [0.25, 0.3) is 0 Å². The molecule has 1 aromatic carbocycles. The molecule has 92 valence electrons. The summed E-state index contributed by atoms with van der Waals surface area (Å²) in [5, 5.41) is 0. The Labute approximate surface area is 105 Å². The number of benzene rings is 1. The van der Waals surface area contributed by atoms with E-state index in [2.05, 4.69) is 44.7 Å². The van der Waals surface area contributed by atoms with Crippen molar-refractivity contribution in [1.82, 2.24) is 0 Å². The normalized spacial score (nSPS) is 31.3. The zero-order valence-electron chi connectivity index (χ0n) is 11.5. The third-order valence-electron chi connectivity index (χ3n) is 5.02. The summed E-state index contributed by atoms with van der Waals surface area (Å²) in [6, 6.07) is 6.25. The van der Waals surface area contributed by atoms with Crippen LogP contribution >= 0.6 is 0 Å². The lowest BCUT2D eigenvalue weighted by atomic mass is 9.97. The molecular weight excluding hydrogens is 206 g/mol. The summed E-state index contributed by atoms with van der Waals surface area (Å²) in [6.45, 7) is 9.16. The fourth-order valence-corrected chi connectivity index (χ4v) is 3.94. The predicted octanol–water partition coefficient (Wildman–Crippen LogP) is 3.99. The Hall–Kier alpha value is -0.980. The molecule has 1 nitrogen and oxygen atoms in total. The first kappa shape index (κ1) is 11.1. The predicted molar refractivity (Wildman–Crippen MR) is 73.7 cm³/mol. The number of aryl methyl sites for hydroxylation is 2. The van der Waals surface area contributed by atoms with Crippen LogP contribution in [0.4, 0.5) is 5.69 Å². The number of nitrogens with zero attached hydrogens (tertiary/aromatic N) is 1. The molecule has 3 atom stereocenters. The summed E-state index contributed by atoms with van der Waals surface area (Å²) in [7, 11) is 0. The lowest BCUT2D eigenvalue weighted by Gasteiger charge is -2.36. The molecule has 2 aliphatic rings. The minimum Gasteiger partial charge on any atom is -0.365 e. The van der Waals surface area contributed by atoms with E-state index in [1.807, 2.05) is 0 Å². The van der Waals surface area contributed by atoms with Gasteiger partial charge in [0, 0.05) is 17.8 Å². The number of hydrogen-bond donors (Lipinski definition) is 0. The average Bonchev–Trinajstić information content (AvgIpc) is 2.84. The SMILES string of the molecule is Cc1cc(C)c(C)c(N2C3CCC(C3)C2C)c1. The van der Waals surface area contributed by atoms with Crippen molar-refractivity contribution in [2.45, 2.75) is 59.0 Å². The van der Waals surface area contributed by atoms with E-state index in [-0.39, 0.29) is 0 Å². The topological polar surface area (TPSA) is 3.24 Å². The highest BCUT2D eigenvalue weighted by atomic mass is 15.2. The maximum Gasteiger partial charge on any atom is 0.0406 e. The van der Waals surface area contributed by atoms with E-state index in [0.29, 0.717) is 0 Å². The summed E-state index contributed by atoms with van der Waals surface area (Å²) in [4.78, 5) is 2.71. The van der Waals surface area contributed by atoms with Gasteiger partial charge in [-0.3, -0.25) is 0 Å². The van der Waals surface area contributed by atoms with Crippen molar-refractivity contribution in [2.75, 3.05) is 4.90 Å². The van der Waals surface area contributed by atoms with Crippen LogP contribution in [0.5, 0.6) is 0 Å². The molecule has 2 fully saturated rings. The lowest BCUT2D eigenvalue weighted by molar-refractivity contribution is 0.453. The van der Waals surface area contributed by atoms with Crippen molar-refractivity contribution in [1.29, 1.82) is 0 Å². The van der Waals surface area contributed by atoms with Crippen molar-refractivity contribution >= 4 is 5.69 Å². The second-order valence-electron chi connectivity index (χ2n) is 6.10. The van der Waals surface area contributed by atoms with Gasteiger partial charge in [-0.25, -0.2) is 0 Å². The fraction of sp³-hybridized carbons (Fsp3) is 0.625. The van der Waals surface area contributed by atoms with Crippen molar-refractivity contribution in [3.63, 3.8) is 0 Å². The first-order chi connectivity index (χ1) is 8.08. The summed E-state index contributed by atoms with van der Waals surface area (Å²) in [6.07, 6.45) is 4.28. The highest BCUT2D eigenvalue weighted by molar-refractivity contribution is 5.60. The summed E-state index contributed by atoms with van der Waals surface area (Å²) >= 11 is 0. The van der Waals surface area contributed by atoms with Crippen LogP contribution in [-0.4, -0.2) is 12.1 Å². The summed E-state index contributed by atoms with van der Waals surface area (Å²) in [5.74, 6) is 0.945.